The Morgan fingerprint density at radius 1 is 1.17 bits per heavy atom. The first-order valence-electron chi connectivity index (χ1n) is 11.9. The van der Waals surface area contributed by atoms with E-state index in [0.29, 0.717) is 23.8 Å². The minimum absolute atomic E-state index is 0.00822. The van der Waals surface area contributed by atoms with Crippen LogP contribution in [0.25, 0.3) is 5.57 Å². The van der Waals surface area contributed by atoms with Crippen molar-refractivity contribution in [3.63, 3.8) is 0 Å². The highest BCUT2D eigenvalue weighted by atomic mass is 32.2. The second kappa shape index (κ2) is 14.7. The van der Waals surface area contributed by atoms with Gasteiger partial charge >= 0.3 is 0 Å². The maximum atomic E-state index is 12.4. The van der Waals surface area contributed by atoms with Crippen LogP contribution in [0.2, 0.25) is 0 Å². The van der Waals surface area contributed by atoms with Gasteiger partial charge < -0.3 is 14.5 Å². The van der Waals surface area contributed by atoms with E-state index in [4.69, 9.17) is 9.15 Å². The fourth-order valence-electron chi connectivity index (χ4n) is 3.22. The average molecular weight is 510 g/mol. The van der Waals surface area contributed by atoms with Gasteiger partial charge in [0.1, 0.15) is 5.75 Å². The van der Waals surface area contributed by atoms with Gasteiger partial charge in [-0.1, -0.05) is 38.1 Å². The normalized spacial score (nSPS) is 11.7. The number of nitrogens with one attached hydrogen (secondary N) is 1. The molecule has 1 aromatic carbocycles. The fourth-order valence-corrected chi connectivity index (χ4v) is 4.13. The Kier molecular flexibility index (Phi) is 11.7. The molecule has 0 aliphatic rings. The number of benzene rings is 1. The second-order valence-electron chi connectivity index (χ2n) is 7.54. The Balaban J connectivity index is 0.00000222. The minimum atomic E-state index is -3.39. The largest absolute Gasteiger partial charge is 0.491 e. The molecule has 0 unspecified atom stereocenters. The van der Waals surface area contributed by atoms with E-state index in [1.807, 2.05) is 43.4 Å². The molecule has 0 saturated carbocycles. The molecule has 0 atom stereocenters. The predicted molar refractivity (Wildman–Crippen MR) is 146 cm³/mol. The lowest BCUT2D eigenvalue weighted by Crippen LogP contribution is -2.07. The highest BCUT2D eigenvalue weighted by molar-refractivity contribution is 7.91. The Bertz CT molecular complexity index is 1250. The van der Waals surface area contributed by atoms with Crippen molar-refractivity contribution in [2.75, 3.05) is 17.7 Å². The van der Waals surface area contributed by atoms with Gasteiger partial charge in [0.25, 0.3) is 6.01 Å². The van der Waals surface area contributed by atoms with Gasteiger partial charge in [0, 0.05) is 17.5 Å². The Morgan fingerprint density at radius 3 is 2.64 bits per heavy atom. The van der Waals surface area contributed by atoms with Gasteiger partial charge in [0.2, 0.25) is 0 Å². The van der Waals surface area contributed by atoms with Crippen LogP contribution in [-0.4, -0.2) is 30.7 Å². The Hall–Kier alpha value is -3.65. The summed E-state index contributed by atoms with van der Waals surface area (Å²) in [7, 11) is -3.39. The summed E-state index contributed by atoms with van der Waals surface area (Å²) < 4.78 is 36.7. The number of aromatic nitrogens is 2. The summed E-state index contributed by atoms with van der Waals surface area (Å²) in [5.41, 5.74) is 2.39. The third-order valence-electron chi connectivity index (χ3n) is 5.13. The Morgan fingerprint density at radius 2 is 1.97 bits per heavy atom. The molecule has 36 heavy (non-hydrogen) atoms. The van der Waals surface area contributed by atoms with Crippen molar-refractivity contribution in [1.82, 2.24) is 9.97 Å². The molecule has 0 aliphatic heterocycles. The van der Waals surface area contributed by atoms with Crippen LogP contribution in [0.15, 0.2) is 89.5 Å². The first kappa shape index (κ1) is 28.6. The quantitative estimate of drug-likeness (QED) is 0.163. The van der Waals surface area contributed by atoms with Crippen molar-refractivity contribution >= 4 is 27.1 Å². The maximum absolute atomic E-state index is 12.4. The molecule has 0 radical (unpaired) electrons. The zero-order chi connectivity index (χ0) is 26.4. The zero-order valence-electron chi connectivity index (χ0n) is 21.2. The molecule has 3 aromatic rings. The number of hydrogen-bond acceptors (Lipinski definition) is 7. The molecule has 0 amide bonds. The number of oxazole rings is 1. The molecule has 1 N–H and O–H groups in total. The van der Waals surface area contributed by atoms with E-state index in [9.17, 15) is 8.42 Å². The van der Waals surface area contributed by atoms with E-state index in [0.717, 1.165) is 30.5 Å². The minimum Gasteiger partial charge on any atom is -0.491 e. The van der Waals surface area contributed by atoms with Crippen LogP contribution in [-0.2, 0) is 16.3 Å². The lowest BCUT2D eigenvalue weighted by molar-refractivity contribution is 0.311. The van der Waals surface area contributed by atoms with Crippen LogP contribution in [0.5, 0.6) is 5.75 Å². The van der Waals surface area contributed by atoms with E-state index in [1.54, 1.807) is 37.5 Å². The maximum Gasteiger partial charge on any atom is 0.299 e. The van der Waals surface area contributed by atoms with Crippen LogP contribution in [0.4, 0.5) is 11.7 Å². The van der Waals surface area contributed by atoms with E-state index >= 15 is 0 Å². The van der Waals surface area contributed by atoms with Crippen molar-refractivity contribution < 1.29 is 17.6 Å². The number of pyridine rings is 1. The fraction of sp³-hybridized carbons (Fsp3) is 0.286. The molecule has 3 rings (SSSR count). The molecular formula is C28H35N3O4S. The molecule has 2 heterocycles. The summed E-state index contributed by atoms with van der Waals surface area (Å²) in [6, 6.07) is 10.9. The zero-order valence-corrected chi connectivity index (χ0v) is 22.1. The van der Waals surface area contributed by atoms with Crippen molar-refractivity contribution in [3.8, 4) is 5.75 Å². The van der Waals surface area contributed by atoms with Gasteiger partial charge in [-0.05, 0) is 56.5 Å². The van der Waals surface area contributed by atoms with Crippen molar-refractivity contribution in [3.05, 3.63) is 91.6 Å². The van der Waals surface area contributed by atoms with Gasteiger partial charge in [-0.15, -0.1) is 13.2 Å². The topological polar surface area (TPSA) is 94.3 Å². The number of aryl methyl sites for hydroxylation is 1. The first-order chi connectivity index (χ1) is 17.5. The molecule has 8 heteroatoms. The lowest BCUT2D eigenvalue weighted by atomic mass is 10.2. The van der Waals surface area contributed by atoms with Gasteiger partial charge in [-0.25, -0.2) is 13.4 Å². The van der Waals surface area contributed by atoms with E-state index in [1.165, 1.54) is 0 Å². The highest BCUT2D eigenvalue weighted by Gasteiger charge is 2.17. The van der Waals surface area contributed by atoms with Crippen LogP contribution >= 0.6 is 0 Å². The third-order valence-corrected chi connectivity index (χ3v) is 6.86. The van der Waals surface area contributed by atoms with Crippen LogP contribution in [0, 0.1) is 0 Å². The number of rotatable bonds is 12. The SMILES string of the molecule is C/C=C(\C=C/CC)c1cnc(Nc2cc(S(=O)(=O)CC)ccc2OCCCc2ccccn2)o1.C=C. The van der Waals surface area contributed by atoms with Crippen molar-refractivity contribution in [2.45, 2.75) is 44.9 Å². The molecule has 0 fully saturated rings. The number of sulfone groups is 1. The molecule has 0 spiro atoms. The summed E-state index contributed by atoms with van der Waals surface area (Å²) in [5.74, 6) is 1.15. The molecule has 0 aliphatic carbocycles. The van der Waals surface area contributed by atoms with Gasteiger partial charge in [0.05, 0.1) is 29.1 Å². The number of allylic oxidation sites excluding steroid dienone is 4. The highest BCUT2D eigenvalue weighted by Crippen LogP contribution is 2.32. The van der Waals surface area contributed by atoms with Crippen LogP contribution < -0.4 is 10.1 Å². The summed E-state index contributed by atoms with van der Waals surface area (Å²) in [4.78, 5) is 8.85. The van der Waals surface area contributed by atoms with Crippen molar-refractivity contribution in [1.29, 1.82) is 0 Å². The molecule has 7 nitrogen and oxygen atoms in total. The first-order valence-corrected chi connectivity index (χ1v) is 13.6. The number of anilines is 2. The second-order valence-corrected chi connectivity index (χ2v) is 9.82. The number of nitrogens with zero attached hydrogens (tertiary/aromatic N) is 2. The molecule has 0 saturated heterocycles. The lowest BCUT2D eigenvalue weighted by Gasteiger charge is -2.13. The predicted octanol–water partition coefficient (Wildman–Crippen LogP) is 6.79. The molecule has 2 aromatic heterocycles. The Labute approximate surface area is 214 Å². The number of hydrogen-bond donors (Lipinski definition) is 1. The van der Waals surface area contributed by atoms with Crippen LogP contribution in [0.3, 0.4) is 0 Å². The average Bonchev–Trinajstić information content (AvgIpc) is 3.37. The molecule has 0 bridgehead atoms. The monoisotopic (exact) mass is 509 g/mol. The summed E-state index contributed by atoms with van der Waals surface area (Å²) in [6.45, 7) is 12.1. The summed E-state index contributed by atoms with van der Waals surface area (Å²) >= 11 is 0. The van der Waals surface area contributed by atoms with E-state index in [-0.39, 0.29) is 16.7 Å². The number of ether oxygens (including phenoxy) is 1. The van der Waals surface area contributed by atoms with Crippen LogP contribution in [0.1, 0.15) is 45.1 Å². The standard InChI is InChI=1S/C26H31N3O4S.C2H4/c1-4-7-11-20(5-2)25-19-28-26(33-25)29-23-18-22(34(30,31)6-3)14-15-24(23)32-17-10-13-21-12-8-9-16-27-21;1-2/h5,7-9,11-12,14-16,18-19H,4,6,10,13,17H2,1-3H3,(H,28,29);1-2H2/b11-7-,20-5+;. The molecule has 192 valence electrons. The van der Waals surface area contributed by atoms with Gasteiger partial charge in [0.15, 0.2) is 15.6 Å². The summed E-state index contributed by atoms with van der Waals surface area (Å²) in [5, 5.41) is 3.09. The van der Waals surface area contributed by atoms with E-state index in [2.05, 4.69) is 35.4 Å². The smallest absolute Gasteiger partial charge is 0.299 e. The van der Waals surface area contributed by atoms with Gasteiger partial charge in [-0.3, -0.25) is 4.98 Å². The third kappa shape index (κ3) is 8.23. The van der Waals surface area contributed by atoms with Crippen molar-refractivity contribution in [2.24, 2.45) is 0 Å². The molecular weight excluding hydrogens is 474 g/mol. The van der Waals surface area contributed by atoms with E-state index < -0.39 is 9.84 Å². The van der Waals surface area contributed by atoms with Gasteiger partial charge in [-0.2, -0.15) is 0 Å². The summed E-state index contributed by atoms with van der Waals surface area (Å²) in [6.07, 6.45) is 11.8.